The van der Waals surface area contributed by atoms with E-state index in [0.29, 0.717) is 6.54 Å². The average Bonchev–Trinajstić information content (AvgIpc) is 2.72. The van der Waals surface area contributed by atoms with E-state index in [9.17, 15) is 8.42 Å². The summed E-state index contributed by atoms with van der Waals surface area (Å²) in [5, 5.41) is 1.05. The molecule has 2 aromatic rings. The van der Waals surface area contributed by atoms with Crippen LogP contribution in [0.25, 0.3) is 10.9 Å². The third kappa shape index (κ3) is 2.72. The van der Waals surface area contributed by atoms with Gasteiger partial charge in [-0.15, -0.1) is 0 Å². The number of fused-ring (bicyclic) bond motifs is 1. The van der Waals surface area contributed by atoms with Crippen molar-refractivity contribution >= 4 is 20.9 Å². The number of H-pyrrole nitrogens is 1. The van der Waals surface area contributed by atoms with Crippen LogP contribution in [0.5, 0.6) is 0 Å². The molecule has 1 heterocycles. The van der Waals surface area contributed by atoms with E-state index in [1.165, 1.54) is 7.05 Å². The second-order valence-corrected chi connectivity index (χ2v) is 6.12. The predicted molar refractivity (Wildman–Crippen MR) is 72.7 cm³/mol. The first-order chi connectivity index (χ1) is 8.55. The van der Waals surface area contributed by atoms with E-state index >= 15 is 0 Å². The summed E-state index contributed by atoms with van der Waals surface area (Å²) in [5.41, 5.74) is 8.45. The molecular weight excluding hydrogens is 252 g/mol. The normalized spacial score (nSPS) is 12.1. The standard InChI is InChI=1S/C12H17N3O2S/c1-14-18(16,17)8-9-2-3-12-11(6-9)10(4-5-13)7-15-12/h2-3,6-7,14-15H,4-5,8,13H2,1H3/i7+2. The van der Waals surface area contributed by atoms with Crippen molar-refractivity contribution in [3.8, 4) is 0 Å². The van der Waals surface area contributed by atoms with Crippen molar-refractivity contribution in [2.75, 3.05) is 13.6 Å². The molecule has 5 nitrogen and oxygen atoms in total. The third-order valence-corrected chi connectivity index (χ3v) is 4.25. The fraction of sp³-hybridized carbons (Fsp3) is 0.333. The first kappa shape index (κ1) is 13.1. The molecule has 0 unspecified atom stereocenters. The molecule has 0 aliphatic heterocycles. The van der Waals surface area contributed by atoms with Gasteiger partial charge in [-0.05, 0) is 43.3 Å². The van der Waals surface area contributed by atoms with E-state index in [1.807, 2.05) is 24.4 Å². The van der Waals surface area contributed by atoms with Gasteiger partial charge in [0.15, 0.2) is 0 Å². The summed E-state index contributed by atoms with van der Waals surface area (Å²) >= 11 is 0. The largest absolute Gasteiger partial charge is 0.361 e. The quantitative estimate of drug-likeness (QED) is 0.747. The third-order valence-electron chi connectivity index (χ3n) is 2.91. The van der Waals surface area contributed by atoms with Crippen LogP contribution >= 0.6 is 0 Å². The van der Waals surface area contributed by atoms with Gasteiger partial charge in [0.25, 0.3) is 0 Å². The van der Waals surface area contributed by atoms with Crippen LogP contribution in [-0.4, -0.2) is 27.0 Å². The number of aromatic nitrogens is 1. The van der Waals surface area contributed by atoms with Crippen LogP contribution in [0.3, 0.4) is 0 Å². The first-order valence-corrected chi connectivity index (χ1v) is 7.41. The van der Waals surface area contributed by atoms with E-state index < -0.39 is 10.0 Å². The second-order valence-electron chi connectivity index (χ2n) is 4.20. The van der Waals surface area contributed by atoms with Crippen molar-refractivity contribution < 1.29 is 8.42 Å². The van der Waals surface area contributed by atoms with Gasteiger partial charge in [0.05, 0.1) is 5.75 Å². The maximum absolute atomic E-state index is 11.5. The Morgan fingerprint density at radius 3 is 2.89 bits per heavy atom. The molecule has 0 spiro atoms. The van der Waals surface area contributed by atoms with Crippen LogP contribution in [0.4, 0.5) is 0 Å². The molecule has 6 heteroatoms. The Labute approximate surface area is 106 Å². The number of benzene rings is 1. The number of rotatable bonds is 5. The summed E-state index contributed by atoms with van der Waals surface area (Å²) in [6, 6.07) is 5.63. The maximum Gasteiger partial charge on any atom is 0.215 e. The predicted octanol–water partition coefficient (Wildman–Crippen LogP) is 0.718. The Morgan fingerprint density at radius 2 is 2.22 bits per heavy atom. The highest BCUT2D eigenvalue weighted by molar-refractivity contribution is 7.88. The van der Waals surface area contributed by atoms with Gasteiger partial charge < -0.3 is 10.7 Å². The van der Waals surface area contributed by atoms with Crippen molar-refractivity contribution in [1.82, 2.24) is 9.71 Å². The van der Waals surface area contributed by atoms with Gasteiger partial charge in [-0.2, -0.15) is 0 Å². The summed E-state index contributed by atoms with van der Waals surface area (Å²) in [5.74, 6) is -0.00726. The summed E-state index contributed by atoms with van der Waals surface area (Å²) in [7, 11) is -1.81. The summed E-state index contributed by atoms with van der Waals surface area (Å²) in [6.45, 7) is 0.575. The fourth-order valence-corrected chi connectivity index (χ4v) is 2.73. The lowest BCUT2D eigenvalue weighted by Crippen LogP contribution is -2.20. The van der Waals surface area contributed by atoms with Gasteiger partial charge in [0.2, 0.25) is 10.0 Å². The highest BCUT2D eigenvalue weighted by atomic mass is 32.2. The molecule has 0 atom stereocenters. The lowest BCUT2D eigenvalue weighted by Gasteiger charge is -2.04. The Balaban J connectivity index is 2.39. The minimum atomic E-state index is -3.23. The van der Waals surface area contributed by atoms with E-state index in [4.69, 9.17) is 5.73 Å². The molecular formula is C12H17N3O2S. The molecule has 0 amide bonds. The number of hydrogen-bond acceptors (Lipinski definition) is 3. The van der Waals surface area contributed by atoms with Crippen molar-refractivity contribution in [2.45, 2.75) is 12.2 Å². The Morgan fingerprint density at radius 1 is 1.44 bits per heavy atom. The number of nitrogens with two attached hydrogens (primary N) is 1. The minimum Gasteiger partial charge on any atom is -0.361 e. The molecule has 1 aromatic heterocycles. The topological polar surface area (TPSA) is 88.0 Å². The van der Waals surface area contributed by atoms with Gasteiger partial charge >= 0.3 is 0 Å². The summed E-state index contributed by atoms with van der Waals surface area (Å²) in [6.07, 6.45) is 2.70. The van der Waals surface area contributed by atoms with Crippen LogP contribution in [0, 0.1) is 0 Å². The molecule has 2 rings (SSSR count). The highest BCUT2D eigenvalue weighted by Gasteiger charge is 2.10. The van der Waals surface area contributed by atoms with Crippen LogP contribution < -0.4 is 10.5 Å². The lowest BCUT2D eigenvalue weighted by atomic mass is 10.1. The Hall–Kier alpha value is -1.37. The van der Waals surface area contributed by atoms with E-state index in [1.54, 1.807) is 0 Å². The monoisotopic (exact) mass is 269 g/mol. The lowest BCUT2D eigenvalue weighted by molar-refractivity contribution is 0.587. The maximum atomic E-state index is 11.5. The van der Waals surface area contributed by atoms with Crippen molar-refractivity contribution in [1.29, 1.82) is 0 Å². The highest BCUT2D eigenvalue weighted by Crippen LogP contribution is 2.21. The number of aromatic amines is 1. The number of nitrogens with one attached hydrogen (secondary N) is 2. The minimum absolute atomic E-state index is 0.00726. The van der Waals surface area contributed by atoms with Crippen LogP contribution in [0.15, 0.2) is 24.4 Å². The van der Waals surface area contributed by atoms with Crippen LogP contribution in [0.1, 0.15) is 11.1 Å². The Bertz CT molecular complexity index is 646. The average molecular weight is 269 g/mol. The SMILES string of the molecule is CNS(=O)(=O)Cc1ccc2[nH][14cH]c(CCN)c2c1. The molecule has 0 aliphatic carbocycles. The summed E-state index contributed by atoms with van der Waals surface area (Å²) < 4.78 is 25.3. The van der Waals surface area contributed by atoms with Gasteiger partial charge in [0, 0.05) is 17.1 Å². The van der Waals surface area contributed by atoms with Gasteiger partial charge in [-0.1, -0.05) is 6.07 Å². The summed E-state index contributed by atoms with van der Waals surface area (Å²) in [4.78, 5) is 3.16. The zero-order valence-electron chi connectivity index (χ0n) is 10.2. The molecule has 98 valence electrons. The van der Waals surface area contributed by atoms with Crippen LogP contribution in [0.2, 0.25) is 0 Å². The van der Waals surface area contributed by atoms with Crippen LogP contribution in [-0.2, 0) is 22.2 Å². The van der Waals surface area contributed by atoms with Crippen molar-refractivity contribution in [3.63, 3.8) is 0 Å². The fourth-order valence-electron chi connectivity index (χ4n) is 1.97. The zero-order valence-corrected chi connectivity index (χ0v) is 11.0. The number of hydrogen-bond donors (Lipinski definition) is 3. The molecule has 0 saturated carbocycles. The van der Waals surface area contributed by atoms with E-state index in [0.717, 1.165) is 28.5 Å². The molecule has 0 saturated heterocycles. The molecule has 1 aromatic carbocycles. The van der Waals surface area contributed by atoms with Gasteiger partial charge in [-0.3, -0.25) is 0 Å². The van der Waals surface area contributed by atoms with E-state index in [2.05, 4.69) is 9.71 Å². The molecule has 0 radical (unpaired) electrons. The van der Waals surface area contributed by atoms with Crippen molar-refractivity contribution in [3.05, 3.63) is 35.5 Å². The van der Waals surface area contributed by atoms with Gasteiger partial charge in [-0.25, -0.2) is 13.1 Å². The zero-order chi connectivity index (χ0) is 13.2. The molecule has 0 fully saturated rings. The molecule has 0 aliphatic rings. The Kier molecular flexibility index (Phi) is 3.70. The van der Waals surface area contributed by atoms with E-state index in [-0.39, 0.29) is 5.75 Å². The van der Waals surface area contributed by atoms with Crippen molar-refractivity contribution in [2.24, 2.45) is 5.73 Å². The van der Waals surface area contributed by atoms with Gasteiger partial charge in [0.1, 0.15) is 0 Å². The molecule has 4 N–H and O–H groups in total. The molecule has 18 heavy (non-hydrogen) atoms. The molecule has 0 bridgehead atoms. The number of sulfonamides is 1. The smallest absolute Gasteiger partial charge is 0.215 e. The second kappa shape index (κ2) is 5.09. The first-order valence-electron chi connectivity index (χ1n) is 5.76.